The van der Waals surface area contributed by atoms with Crippen molar-refractivity contribution in [3.05, 3.63) is 36.0 Å². The van der Waals surface area contributed by atoms with Crippen LogP contribution in [0.25, 0.3) is 0 Å². The molecule has 1 heterocycles. The second kappa shape index (κ2) is 5.09. The van der Waals surface area contributed by atoms with Gasteiger partial charge in [0, 0.05) is 18.1 Å². The zero-order valence-corrected chi connectivity index (χ0v) is 12.1. The molecule has 1 aromatic carbocycles. The second-order valence-corrected chi connectivity index (χ2v) is 5.22. The summed E-state index contributed by atoms with van der Waals surface area (Å²) in [6, 6.07) is 7.49. The first-order valence-corrected chi connectivity index (χ1v) is 6.45. The van der Waals surface area contributed by atoms with Crippen molar-refractivity contribution in [1.82, 2.24) is 4.59 Å². The number of ether oxygens (including phenoxy) is 1. The van der Waals surface area contributed by atoms with E-state index in [2.05, 4.69) is 5.10 Å². The third-order valence-corrected chi connectivity index (χ3v) is 3.33. The highest BCUT2D eigenvalue weighted by Gasteiger charge is 2.37. The minimum atomic E-state index is -0.942. The van der Waals surface area contributed by atoms with E-state index >= 15 is 0 Å². The van der Waals surface area contributed by atoms with Crippen molar-refractivity contribution in [2.45, 2.75) is 13.8 Å². The normalized spacial score (nSPS) is 21.6. The van der Waals surface area contributed by atoms with Crippen LogP contribution in [-0.2, 0) is 4.79 Å². The molecule has 1 aliphatic rings. The van der Waals surface area contributed by atoms with E-state index in [1.54, 1.807) is 13.3 Å². The molecule has 0 bridgehead atoms. The highest BCUT2D eigenvalue weighted by molar-refractivity contribution is 6.21. The van der Waals surface area contributed by atoms with Gasteiger partial charge in [0.1, 0.15) is 30.3 Å². The molecule has 0 amide bonds. The lowest BCUT2D eigenvalue weighted by atomic mass is 10.0. The molecule has 0 saturated carbocycles. The minimum Gasteiger partial charge on any atom is -0.497 e. The van der Waals surface area contributed by atoms with E-state index < -0.39 is 5.97 Å². The summed E-state index contributed by atoms with van der Waals surface area (Å²) in [4.78, 5) is 11.4. The van der Waals surface area contributed by atoms with Gasteiger partial charge in [-0.2, -0.15) is 0 Å². The molecule has 2 rings (SSSR count). The van der Waals surface area contributed by atoms with Crippen LogP contribution in [0.3, 0.4) is 0 Å². The number of quaternary nitrogens is 1. The largest absolute Gasteiger partial charge is 0.497 e. The SMILES string of the molecule is COc1cccc([N+]2(C)C=C(C(=O)O)C(C(C)C)=N2)c1. The zero-order chi connectivity index (χ0) is 14.9. The summed E-state index contributed by atoms with van der Waals surface area (Å²) in [6.45, 7) is 3.88. The first-order valence-electron chi connectivity index (χ1n) is 6.45. The van der Waals surface area contributed by atoms with Gasteiger partial charge in [0.05, 0.1) is 7.11 Å². The molecule has 106 valence electrons. The van der Waals surface area contributed by atoms with E-state index in [9.17, 15) is 9.90 Å². The number of methoxy groups -OCH3 is 1. The molecule has 0 aromatic heterocycles. The Bertz CT molecular complexity index is 605. The predicted molar refractivity (Wildman–Crippen MR) is 78.7 cm³/mol. The van der Waals surface area contributed by atoms with Crippen LogP contribution in [0, 0.1) is 5.92 Å². The van der Waals surface area contributed by atoms with Gasteiger partial charge < -0.3 is 9.84 Å². The Morgan fingerprint density at radius 2 is 2.10 bits per heavy atom. The van der Waals surface area contributed by atoms with Crippen LogP contribution in [0.15, 0.2) is 41.1 Å². The molecule has 0 fully saturated rings. The van der Waals surface area contributed by atoms with E-state index in [1.807, 2.05) is 45.2 Å². The molecular weight excluding hydrogens is 256 g/mol. The van der Waals surface area contributed by atoms with Crippen LogP contribution in [0.4, 0.5) is 5.69 Å². The number of rotatable bonds is 4. The molecule has 5 nitrogen and oxygen atoms in total. The molecule has 20 heavy (non-hydrogen) atoms. The van der Waals surface area contributed by atoms with Gasteiger partial charge >= 0.3 is 5.97 Å². The van der Waals surface area contributed by atoms with Crippen LogP contribution in [0.5, 0.6) is 5.75 Å². The van der Waals surface area contributed by atoms with Gasteiger partial charge in [-0.15, -0.1) is 4.59 Å². The third-order valence-electron chi connectivity index (χ3n) is 3.33. The van der Waals surface area contributed by atoms with Gasteiger partial charge in [-0.3, -0.25) is 0 Å². The standard InChI is InChI=1S/C15H18N2O3/c1-10(2)14-13(15(18)19)9-17(3,16-14)11-6-5-7-12(8-11)20-4/h5-10H,1-4H3/p+1. The fourth-order valence-electron chi connectivity index (χ4n) is 2.24. The Hall–Kier alpha value is -2.14. The smallest absolute Gasteiger partial charge is 0.343 e. The molecule has 1 N–H and O–H groups in total. The van der Waals surface area contributed by atoms with Crippen molar-refractivity contribution in [3.8, 4) is 5.75 Å². The third kappa shape index (κ3) is 2.44. The van der Waals surface area contributed by atoms with Gasteiger partial charge in [0.2, 0.25) is 0 Å². The lowest BCUT2D eigenvalue weighted by Gasteiger charge is -2.20. The number of aliphatic carboxylic acids is 1. The van der Waals surface area contributed by atoms with E-state index in [0.717, 1.165) is 11.4 Å². The number of carbonyl (C=O) groups is 1. The summed E-state index contributed by atoms with van der Waals surface area (Å²) in [5.74, 6) is -0.162. The van der Waals surface area contributed by atoms with Crippen molar-refractivity contribution in [2.24, 2.45) is 11.0 Å². The van der Waals surface area contributed by atoms with Gasteiger partial charge in [-0.1, -0.05) is 25.0 Å². The average Bonchev–Trinajstić information content (AvgIpc) is 2.79. The number of hydrogen-bond donors (Lipinski definition) is 1. The summed E-state index contributed by atoms with van der Waals surface area (Å²) in [6.07, 6.45) is 1.66. The van der Waals surface area contributed by atoms with Crippen LogP contribution >= 0.6 is 0 Å². The maximum Gasteiger partial charge on any atom is 0.343 e. The summed E-state index contributed by atoms with van der Waals surface area (Å²) in [5, 5.41) is 13.9. The first kappa shape index (κ1) is 14.3. The number of benzene rings is 1. The summed E-state index contributed by atoms with van der Waals surface area (Å²) in [5.41, 5.74) is 1.74. The van der Waals surface area contributed by atoms with Gasteiger partial charge in [-0.25, -0.2) is 4.79 Å². The molecule has 1 aromatic rings. The Kier molecular flexibility index (Phi) is 3.63. The highest BCUT2D eigenvalue weighted by atomic mass is 16.5. The first-order chi connectivity index (χ1) is 9.37. The monoisotopic (exact) mass is 275 g/mol. The molecule has 0 spiro atoms. The predicted octanol–water partition coefficient (Wildman–Crippen LogP) is 2.63. The quantitative estimate of drug-likeness (QED) is 0.859. The van der Waals surface area contributed by atoms with Crippen LogP contribution in [0.2, 0.25) is 0 Å². The molecule has 0 radical (unpaired) electrons. The topological polar surface area (TPSA) is 58.9 Å². The molecule has 0 saturated heterocycles. The van der Waals surface area contributed by atoms with Crippen molar-refractivity contribution in [1.29, 1.82) is 0 Å². The molecule has 1 aliphatic heterocycles. The molecular formula is C15H19N2O3+. The molecule has 1 atom stereocenters. The van der Waals surface area contributed by atoms with Crippen molar-refractivity contribution >= 4 is 17.4 Å². The number of hydrogen-bond acceptors (Lipinski definition) is 3. The van der Waals surface area contributed by atoms with Crippen LogP contribution in [-0.4, -0.2) is 30.9 Å². The van der Waals surface area contributed by atoms with Gasteiger partial charge in [-0.05, 0) is 6.07 Å². The molecule has 1 unspecified atom stereocenters. The van der Waals surface area contributed by atoms with Crippen LogP contribution in [0.1, 0.15) is 13.8 Å². The number of carboxylic acids is 1. The van der Waals surface area contributed by atoms with Gasteiger partial charge in [0.25, 0.3) is 0 Å². The van der Waals surface area contributed by atoms with Crippen LogP contribution < -0.4 is 9.33 Å². The van der Waals surface area contributed by atoms with E-state index in [1.165, 1.54) is 0 Å². The summed E-state index contributed by atoms with van der Waals surface area (Å²) < 4.78 is 5.30. The lowest BCUT2D eigenvalue weighted by Crippen LogP contribution is -2.31. The molecule has 0 aliphatic carbocycles. The minimum absolute atomic E-state index is 0.0582. The Morgan fingerprint density at radius 3 is 2.60 bits per heavy atom. The summed E-state index contributed by atoms with van der Waals surface area (Å²) >= 11 is 0. The van der Waals surface area contributed by atoms with E-state index in [-0.39, 0.29) is 16.1 Å². The number of nitrogens with zero attached hydrogens (tertiary/aromatic N) is 2. The van der Waals surface area contributed by atoms with Gasteiger partial charge in [0.15, 0.2) is 5.69 Å². The fraction of sp³-hybridized carbons (Fsp3) is 0.333. The zero-order valence-electron chi connectivity index (χ0n) is 12.1. The summed E-state index contributed by atoms with van der Waals surface area (Å²) in [7, 11) is 3.46. The van der Waals surface area contributed by atoms with Crippen molar-refractivity contribution in [3.63, 3.8) is 0 Å². The average molecular weight is 275 g/mol. The van der Waals surface area contributed by atoms with E-state index in [4.69, 9.17) is 4.74 Å². The Morgan fingerprint density at radius 1 is 1.40 bits per heavy atom. The van der Waals surface area contributed by atoms with E-state index in [0.29, 0.717) is 5.71 Å². The Labute approximate surface area is 118 Å². The van der Waals surface area contributed by atoms with Crippen molar-refractivity contribution < 1.29 is 14.6 Å². The maximum absolute atomic E-state index is 11.4. The second-order valence-electron chi connectivity index (χ2n) is 5.22. The Balaban J connectivity index is 2.52. The lowest BCUT2D eigenvalue weighted by molar-refractivity contribution is -0.132. The maximum atomic E-state index is 11.4. The molecule has 5 heteroatoms. The highest BCUT2D eigenvalue weighted by Crippen LogP contribution is 2.32. The number of carboxylic acid groups (broad SMARTS) is 1. The fourth-order valence-corrected chi connectivity index (χ4v) is 2.24. The van der Waals surface area contributed by atoms with Crippen molar-refractivity contribution in [2.75, 3.05) is 14.2 Å².